The molecule has 0 amide bonds. The van der Waals surface area contributed by atoms with Gasteiger partial charge in [-0.05, 0) is 79.0 Å². The molecule has 0 fully saturated rings. The minimum atomic E-state index is -0.940. The molecule has 0 atom stereocenters. The number of benzene rings is 2. The Labute approximate surface area is 162 Å². The summed E-state index contributed by atoms with van der Waals surface area (Å²) >= 11 is 3.56. The summed E-state index contributed by atoms with van der Waals surface area (Å²) in [6.07, 6.45) is 0.0379. The predicted molar refractivity (Wildman–Crippen MR) is 107 cm³/mol. The standard InChI is InChI=1S/C20H24BrNO4/c1-5-25-18-9-14(8-16(21)19(18)26-12(2)3)11-22-17-10-15(20(23)24)7-6-13(17)4/h6-10,12,22H,5,11H2,1-4H3,(H,23,24). The summed E-state index contributed by atoms with van der Waals surface area (Å²) in [5, 5.41) is 12.5. The van der Waals surface area contributed by atoms with E-state index < -0.39 is 5.97 Å². The van der Waals surface area contributed by atoms with Gasteiger partial charge < -0.3 is 19.9 Å². The normalized spacial score (nSPS) is 10.7. The number of ether oxygens (including phenoxy) is 2. The van der Waals surface area contributed by atoms with Gasteiger partial charge >= 0.3 is 5.97 Å². The molecule has 0 radical (unpaired) electrons. The Kier molecular flexibility index (Phi) is 6.91. The van der Waals surface area contributed by atoms with E-state index in [0.717, 1.165) is 21.3 Å². The van der Waals surface area contributed by atoms with Crippen LogP contribution in [0.5, 0.6) is 11.5 Å². The Hall–Kier alpha value is -2.21. The van der Waals surface area contributed by atoms with Crippen LogP contribution in [0.2, 0.25) is 0 Å². The number of hydrogen-bond acceptors (Lipinski definition) is 4. The molecular weight excluding hydrogens is 398 g/mol. The lowest BCUT2D eigenvalue weighted by Crippen LogP contribution is -2.09. The summed E-state index contributed by atoms with van der Waals surface area (Å²) in [5.41, 5.74) is 3.03. The first kappa shape index (κ1) is 20.1. The van der Waals surface area contributed by atoms with Gasteiger partial charge in [0.05, 0.1) is 22.7 Å². The number of aromatic carboxylic acids is 1. The molecule has 0 saturated carbocycles. The first-order valence-corrected chi connectivity index (χ1v) is 9.30. The molecule has 140 valence electrons. The smallest absolute Gasteiger partial charge is 0.335 e. The van der Waals surface area contributed by atoms with Crippen LogP contribution >= 0.6 is 15.9 Å². The van der Waals surface area contributed by atoms with Crippen LogP contribution in [0, 0.1) is 6.92 Å². The molecule has 0 aliphatic carbocycles. The fourth-order valence-corrected chi connectivity index (χ4v) is 3.06. The van der Waals surface area contributed by atoms with Gasteiger partial charge in [-0.2, -0.15) is 0 Å². The van der Waals surface area contributed by atoms with E-state index in [1.807, 2.05) is 39.8 Å². The lowest BCUT2D eigenvalue weighted by molar-refractivity contribution is 0.0697. The highest BCUT2D eigenvalue weighted by Crippen LogP contribution is 2.38. The second kappa shape index (κ2) is 8.94. The van der Waals surface area contributed by atoms with Gasteiger partial charge in [0.25, 0.3) is 0 Å². The highest BCUT2D eigenvalue weighted by molar-refractivity contribution is 9.10. The number of anilines is 1. The Bertz CT molecular complexity index is 790. The Morgan fingerprint density at radius 1 is 1.27 bits per heavy atom. The SMILES string of the molecule is CCOc1cc(CNc2cc(C(=O)O)ccc2C)cc(Br)c1OC(C)C. The predicted octanol–water partition coefficient (Wildman–Crippen LogP) is 5.25. The van der Waals surface area contributed by atoms with Crippen molar-refractivity contribution in [2.75, 3.05) is 11.9 Å². The number of carbonyl (C=O) groups is 1. The molecule has 26 heavy (non-hydrogen) atoms. The van der Waals surface area contributed by atoms with Crippen LogP contribution in [-0.2, 0) is 6.54 Å². The van der Waals surface area contributed by atoms with E-state index in [4.69, 9.17) is 14.6 Å². The average molecular weight is 422 g/mol. The Morgan fingerprint density at radius 2 is 2.00 bits per heavy atom. The van der Waals surface area contributed by atoms with E-state index in [1.165, 1.54) is 0 Å². The molecule has 0 saturated heterocycles. The molecule has 0 spiro atoms. The fraction of sp³-hybridized carbons (Fsp3) is 0.350. The van der Waals surface area contributed by atoms with E-state index >= 15 is 0 Å². The number of carboxylic acid groups (broad SMARTS) is 1. The lowest BCUT2D eigenvalue weighted by atomic mass is 10.1. The number of hydrogen-bond donors (Lipinski definition) is 2. The number of rotatable bonds is 8. The van der Waals surface area contributed by atoms with Crippen molar-refractivity contribution in [2.45, 2.75) is 40.3 Å². The largest absolute Gasteiger partial charge is 0.490 e. The Morgan fingerprint density at radius 3 is 2.62 bits per heavy atom. The van der Waals surface area contributed by atoms with Crippen LogP contribution in [0.1, 0.15) is 42.3 Å². The monoisotopic (exact) mass is 421 g/mol. The van der Waals surface area contributed by atoms with Crippen molar-refractivity contribution in [1.82, 2.24) is 0 Å². The minimum Gasteiger partial charge on any atom is -0.490 e. The van der Waals surface area contributed by atoms with Crippen molar-refractivity contribution in [3.63, 3.8) is 0 Å². The molecule has 0 bridgehead atoms. The Balaban J connectivity index is 2.24. The van der Waals surface area contributed by atoms with E-state index in [1.54, 1.807) is 18.2 Å². The highest BCUT2D eigenvalue weighted by atomic mass is 79.9. The maximum absolute atomic E-state index is 11.2. The third kappa shape index (κ3) is 5.14. The molecule has 2 N–H and O–H groups in total. The van der Waals surface area contributed by atoms with Crippen LogP contribution in [0.4, 0.5) is 5.69 Å². The molecule has 0 aliphatic rings. The highest BCUT2D eigenvalue weighted by Gasteiger charge is 2.14. The molecule has 5 nitrogen and oxygen atoms in total. The second-order valence-corrected chi connectivity index (χ2v) is 7.05. The van der Waals surface area contributed by atoms with Gasteiger partial charge in [-0.15, -0.1) is 0 Å². The molecule has 6 heteroatoms. The average Bonchev–Trinajstić information content (AvgIpc) is 2.57. The van der Waals surface area contributed by atoms with Crippen molar-refractivity contribution < 1.29 is 19.4 Å². The number of carboxylic acids is 1. The first-order chi connectivity index (χ1) is 12.3. The zero-order valence-corrected chi connectivity index (χ0v) is 17.0. The maximum atomic E-state index is 11.2. The van der Waals surface area contributed by atoms with Gasteiger partial charge in [-0.3, -0.25) is 0 Å². The van der Waals surface area contributed by atoms with Crippen molar-refractivity contribution in [3.05, 3.63) is 51.5 Å². The third-order valence-corrected chi connectivity index (χ3v) is 4.28. The summed E-state index contributed by atoms with van der Waals surface area (Å²) in [4.78, 5) is 11.2. The second-order valence-electron chi connectivity index (χ2n) is 6.19. The van der Waals surface area contributed by atoms with E-state index in [9.17, 15) is 4.79 Å². The number of aryl methyl sites for hydroxylation is 1. The van der Waals surface area contributed by atoms with Gasteiger partial charge in [0.1, 0.15) is 0 Å². The van der Waals surface area contributed by atoms with Crippen molar-refractivity contribution in [2.24, 2.45) is 0 Å². The van der Waals surface area contributed by atoms with Gasteiger partial charge in [-0.1, -0.05) is 6.07 Å². The summed E-state index contributed by atoms with van der Waals surface area (Å²) in [5.74, 6) is 0.433. The number of halogens is 1. The van der Waals surface area contributed by atoms with Crippen LogP contribution in [-0.4, -0.2) is 23.8 Å². The molecule has 0 aromatic heterocycles. The van der Waals surface area contributed by atoms with Crippen LogP contribution in [0.3, 0.4) is 0 Å². The van der Waals surface area contributed by atoms with Crippen molar-refractivity contribution in [1.29, 1.82) is 0 Å². The van der Waals surface area contributed by atoms with Crippen LogP contribution in [0.25, 0.3) is 0 Å². The maximum Gasteiger partial charge on any atom is 0.335 e. The van der Waals surface area contributed by atoms with E-state index in [0.29, 0.717) is 24.7 Å². The summed E-state index contributed by atoms with van der Waals surface area (Å²) in [6, 6.07) is 8.96. The molecule has 0 heterocycles. The van der Waals surface area contributed by atoms with Crippen LogP contribution < -0.4 is 14.8 Å². The summed E-state index contributed by atoms with van der Waals surface area (Å²) in [6.45, 7) is 8.88. The molecule has 2 aromatic carbocycles. The zero-order chi connectivity index (χ0) is 19.3. The minimum absolute atomic E-state index is 0.0379. The lowest BCUT2D eigenvalue weighted by Gasteiger charge is -2.18. The van der Waals surface area contributed by atoms with Gasteiger partial charge in [0, 0.05) is 12.2 Å². The van der Waals surface area contributed by atoms with Crippen molar-refractivity contribution in [3.8, 4) is 11.5 Å². The summed E-state index contributed by atoms with van der Waals surface area (Å²) < 4.78 is 12.4. The van der Waals surface area contributed by atoms with Crippen molar-refractivity contribution >= 4 is 27.6 Å². The third-order valence-electron chi connectivity index (χ3n) is 3.69. The van der Waals surface area contributed by atoms with Crippen LogP contribution in [0.15, 0.2) is 34.8 Å². The first-order valence-electron chi connectivity index (χ1n) is 8.51. The molecular formula is C20H24BrNO4. The molecule has 0 aliphatic heterocycles. The van der Waals surface area contributed by atoms with Gasteiger partial charge in [0.2, 0.25) is 0 Å². The zero-order valence-electron chi connectivity index (χ0n) is 15.4. The quantitative estimate of drug-likeness (QED) is 0.608. The molecule has 2 aromatic rings. The van der Waals surface area contributed by atoms with Gasteiger partial charge in [0.15, 0.2) is 11.5 Å². The topological polar surface area (TPSA) is 67.8 Å². The fourth-order valence-electron chi connectivity index (χ4n) is 2.48. The summed E-state index contributed by atoms with van der Waals surface area (Å²) in [7, 11) is 0. The molecule has 0 unspecified atom stereocenters. The van der Waals surface area contributed by atoms with Gasteiger partial charge in [-0.25, -0.2) is 4.79 Å². The molecule has 2 rings (SSSR count). The van der Waals surface area contributed by atoms with E-state index in [2.05, 4.69) is 21.2 Å². The van der Waals surface area contributed by atoms with E-state index in [-0.39, 0.29) is 11.7 Å². The number of nitrogens with one attached hydrogen (secondary N) is 1.